The standard InChI is InChI=1S/C21H26N2O4/c1-15-13-19(16(2)26-15)21(25)27-17(3)20(24)23-11-9-22(10-12-23)14-18-7-5-4-6-8-18/h4-8,13,17H,9-12,14H2,1-3H3/t17-/m0/s1. The summed E-state index contributed by atoms with van der Waals surface area (Å²) >= 11 is 0. The topological polar surface area (TPSA) is 63.0 Å². The Morgan fingerprint density at radius 3 is 2.37 bits per heavy atom. The van der Waals surface area contributed by atoms with E-state index in [0.29, 0.717) is 30.2 Å². The van der Waals surface area contributed by atoms with Crippen molar-refractivity contribution in [2.75, 3.05) is 26.2 Å². The van der Waals surface area contributed by atoms with E-state index in [1.165, 1.54) is 5.56 Å². The average Bonchev–Trinajstić information content (AvgIpc) is 3.01. The molecule has 1 aromatic carbocycles. The van der Waals surface area contributed by atoms with Gasteiger partial charge in [-0.15, -0.1) is 0 Å². The van der Waals surface area contributed by atoms with E-state index in [-0.39, 0.29) is 5.91 Å². The highest BCUT2D eigenvalue weighted by Crippen LogP contribution is 2.16. The summed E-state index contributed by atoms with van der Waals surface area (Å²) in [5.41, 5.74) is 1.64. The minimum Gasteiger partial charge on any atom is -0.466 e. The molecular weight excluding hydrogens is 344 g/mol. The van der Waals surface area contributed by atoms with Crippen molar-refractivity contribution in [2.24, 2.45) is 0 Å². The molecule has 0 spiro atoms. The Hall–Kier alpha value is -2.60. The number of hydrogen-bond acceptors (Lipinski definition) is 5. The van der Waals surface area contributed by atoms with E-state index in [2.05, 4.69) is 17.0 Å². The molecule has 1 aliphatic heterocycles. The van der Waals surface area contributed by atoms with Crippen LogP contribution in [0.3, 0.4) is 0 Å². The first-order valence-electron chi connectivity index (χ1n) is 9.27. The largest absolute Gasteiger partial charge is 0.466 e. The molecule has 2 aromatic rings. The van der Waals surface area contributed by atoms with Gasteiger partial charge in [-0.3, -0.25) is 9.69 Å². The number of nitrogens with zero attached hydrogens (tertiary/aromatic N) is 2. The van der Waals surface area contributed by atoms with E-state index < -0.39 is 12.1 Å². The van der Waals surface area contributed by atoms with Gasteiger partial charge in [-0.25, -0.2) is 4.79 Å². The van der Waals surface area contributed by atoms with Crippen LogP contribution in [0, 0.1) is 13.8 Å². The highest BCUT2D eigenvalue weighted by atomic mass is 16.5. The monoisotopic (exact) mass is 370 g/mol. The van der Waals surface area contributed by atoms with Gasteiger partial charge in [0, 0.05) is 32.7 Å². The second-order valence-electron chi connectivity index (χ2n) is 6.96. The maximum Gasteiger partial charge on any atom is 0.342 e. The number of esters is 1. The molecule has 0 saturated carbocycles. The molecule has 0 bridgehead atoms. The Bertz CT molecular complexity index is 792. The van der Waals surface area contributed by atoms with Crippen molar-refractivity contribution in [3.05, 3.63) is 59.0 Å². The van der Waals surface area contributed by atoms with Gasteiger partial charge in [0.25, 0.3) is 5.91 Å². The van der Waals surface area contributed by atoms with Gasteiger partial charge in [0.15, 0.2) is 6.10 Å². The van der Waals surface area contributed by atoms with Gasteiger partial charge in [-0.2, -0.15) is 0 Å². The number of aryl methyl sites for hydroxylation is 2. The van der Waals surface area contributed by atoms with E-state index in [9.17, 15) is 9.59 Å². The van der Waals surface area contributed by atoms with E-state index in [1.54, 1.807) is 31.7 Å². The summed E-state index contributed by atoms with van der Waals surface area (Å²) in [7, 11) is 0. The van der Waals surface area contributed by atoms with E-state index in [4.69, 9.17) is 9.15 Å². The van der Waals surface area contributed by atoms with E-state index >= 15 is 0 Å². The molecule has 1 aromatic heterocycles. The number of hydrogen-bond donors (Lipinski definition) is 0. The predicted molar refractivity (Wildman–Crippen MR) is 101 cm³/mol. The van der Waals surface area contributed by atoms with Crippen LogP contribution < -0.4 is 0 Å². The Labute approximate surface area is 159 Å². The van der Waals surface area contributed by atoms with Crippen molar-refractivity contribution in [2.45, 2.75) is 33.4 Å². The quantitative estimate of drug-likeness (QED) is 0.758. The van der Waals surface area contributed by atoms with Crippen LogP contribution in [0.1, 0.15) is 34.4 Å². The first kappa shape index (κ1) is 19.2. The maximum absolute atomic E-state index is 12.6. The number of carbonyl (C=O) groups is 2. The molecule has 1 saturated heterocycles. The Kier molecular flexibility index (Phi) is 5.96. The lowest BCUT2D eigenvalue weighted by Gasteiger charge is -2.35. The zero-order chi connectivity index (χ0) is 19.4. The zero-order valence-electron chi connectivity index (χ0n) is 16.1. The third-order valence-corrected chi connectivity index (χ3v) is 4.83. The zero-order valence-corrected chi connectivity index (χ0v) is 16.1. The molecule has 3 rings (SSSR count). The number of ether oxygens (including phenoxy) is 1. The van der Waals surface area contributed by atoms with Crippen LogP contribution in [0.15, 0.2) is 40.8 Å². The SMILES string of the molecule is Cc1cc(C(=O)O[C@@H](C)C(=O)N2CCN(Cc3ccccc3)CC2)c(C)o1. The molecule has 6 heteroatoms. The minimum atomic E-state index is -0.812. The molecule has 0 unspecified atom stereocenters. The van der Waals surface area contributed by atoms with Gasteiger partial charge < -0.3 is 14.1 Å². The molecule has 1 atom stereocenters. The molecule has 1 aliphatic rings. The molecule has 27 heavy (non-hydrogen) atoms. The molecule has 1 amide bonds. The maximum atomic E-state index is 12.6. The number of rotatable bonds is 5. The normalized spacial score (nSPS) is 16.2. The minimum absolute atomic E-state index is 0.152. The van der Waals surface area contributed by atoms with Crippen LogP contribution >= 0.6 is 0 Å². The van der Waals surface area contributed by atoms with Gasteiger partial charge in [-0.05, 0) is 32.4 Å². The fourth-order valence-electron chi connectivity index (χ4n) is 3.33. The highest BCUT2D eigenvalue weighted by Gasteiger charge is 2.28. The number of furan rings is 1. The van der Waals surface area contributed by atoms with Crippen LogP contribution in [0.25, 0.3) is 0 Å². The van der Waals surface area contributed by atoms with Crippen molar-refractivity contribution >= 4 is 11.9 Å². The summed E-state index contributed by atoms with van der Waals surface area (Å²) in [5.74, 6) is 0.480. The van der Waals surface area contributed by atoms with Crippen LogP contribution in [-0.2, 0) is 16.1 Å². The van der Waals surface area contributed by atoms with Gasteiger partial charge >= 0.3 is 5.97 Å². The summed E-state index contributed by atoms with van der Waals surface area (Å²) in [6.45, 7) is 8.87. The fourth-order valence-corrected chi connectivity index (χ4v) is 3.33. The number of carbonyl (C=O) groups excluding carboxylic acids is 2. The van der Waals surface area contributed by atoms with Crippen LogP contribution in [0.5, 0.6) is 0 Å². The lowest BCUT2D eigenvalue weighted by atomic mass is 10.2. The van der Waals surface area contributed by atoms with Crippen molar-refractivity contribution in [1.82, 2.24) is 9.80 Å². The summed E-state index contributed by atoms with van der Waals surface area (Å²) in [5, 5.41) is 0. The Morgan fingerprint density at radius 2 is 1.78 bits per heavy atom. The van der Waals surface area contributed by atoms with E-state index in [1.807, 2.05) is 18.2 Å². The van der Waals surface area contributed by atoms with Crippen molar-refractivity contribution in [3.8, 4) is 0 Å². The lowest BCUT2D eigenvalue weighted by molar-refractivity contribution is -0.141. The Balaban J connectivity index is 1.49. The number of piperazine rings is 1. The smallest absolute Gasteiger partial charge is 0.342 e. The average molecular weight is 370 g/mol. The number of amides is 1. The predicted octanol–water partition coefficient (Wildman–Crippen LogP) is 2.79. The first-order valence-corrected chi connectivity index (χ1v) is 9.27. The number of benzene rings is 1. The second kappa shape index (κ2) is 8.39. The van der Waals surface area contributed by atoms with Gasteiger partial charge in [0.05, 0.1) is 0 Å². The molecule has 0 N–H and O–H groups in total. The third-order valence-electron chi connectivity index (χ3n) is 4.83. The Morgan fingerprint density at radius 1 is 1.11 bits per heavy atom. The molecule has 0 radical (unpaired) electrons. The van der Waals surface area contributed by atoms with Crippen molar-refractivity contribution in [3.63, 3.8) is 0 Å². The molecule has 1 fully saturated rings. The molecule has 2 heterocycles. The summed E-state index contributed by atoms with van der Waals surface area (Å²) in [4.78, 5) is 29.0. The third kappa shape index (κ3) is 4.77. The highest BCUT2D eigenvalue weighted by molar-refractivity contribution is 5.93. The first-order chi connectivity index (χ1) is 12.9. The van der Waals surface area contributed by atoms with E-state index in [0.717, 1.165) is 19.6 Å². The van der Waals surface area contributed by atoms with Gasteiger partial charge in [0.1, 0.15) is 17.1 Å². The summed E-state index contributed by atoms with van der Waals surface area (Å²) in [6, 6.07) is 11.9. The molecule has 6 nitrogen and oxygen atoms in total. The van der Waals surface area contributed by atoms with Gasteiger partial charge in [0.2, 0.25) is 0 Å². The van der Waals surface area contributed by atoms with Crippen molar-refractivity contribution < 1.29 is 18.7 Å². The van der Waals surface area contributed by atoms with Crippen LogP contribution in [-0.4, -0.2) is 54.0 Å². The molecule has 144 valence electrons. The second-order valence-corrected chi connectivity index (χ2v) is 6.96. The molecule has 0 aliphatic carbocycles. The van der Waals surface area contributed by atoms with Gasteiger partial charge in [-0.1, -0.05) is 30.3 Å². The van der Waals surface area contributed by atoms with Crippen molar-refractivity contribution in [1.29, 1.82) is 0 Å². The summed E-state index contributed by atoms with van der Waals surface area (Å²) in [6.07, 6.45) is -0.812. The lowest BCUT2D eigenvalue weighted by Crippen LogP contribution is -2.51. The summed E-state index contributed by atoms with van der Waals surface area (Å²) < 4.78 is 10.7. The van der Waals surface area contributed by atoms with Crippen LogP contribution in [0.2, 0.25) is 0 Å². The molecular formula is C21H26N2O4. The van der Waals surface area contributed by atoms with Crippen LogP contribution in [0.4, 0.5) is 0 Å². The fraction of sp³-hybridized carbons (Fsp3) is 0.429.